The van der Waals surface area contributed by atoms with Crippen LogP contribution in [0.15, 0.2) is 50.9 Å². The van der Waals surface area contributed by atoms with E-state index in [-0.39, 0.29) is 15.8 Å². The summed E-state index contributed by atoms with van der Waals surface area (Å²) in [5.74, 6) is -0.454. The van der Waals surface area contributed by atoms with Crippen LogP contribution in [0.1, 0.15) is 18.5 Å². The Hall–Kier alpha value is -3.02. The zero-order valence-electron chi connectivity index (χ0n) is 17.7. The van der Waals surface area contributed by atoms with E-state index in [1.54, 1.807) is 13.0 Å². The molecule has 1 unspecified atom stereocenters. The molecule has 1 atom stereocenters. The second kappa shape index (κ2) is 8.49. The van der Waals surface area contributed by atoms with Crippen molar-refractivity contribution in [1.29, 1.82) is 0 Å². The highest BCUT2D eigenvalue weighted by molar-refractivity contribution is 7.89. The first kappa shape index (κ1) is 22.2. The first-order chi connectivity index (χ1) is 15.1. The van der Waals surface area contributed by atoms with Crippen LogP contribution in [0.5, 0.6) is 0 Å². The van der Waals surface area contributed by atoms with E-state index in [2.05, 4.69) is 24.5 Å². The number of piperazine rings is 1. The number of rotatable bonds is 5. The minimum absolute atomic E-state index is 0.0454. The molecule has 2 aromatic carbocycles. The van der Waals surface area contributed by atoms with Crippen LogP contribution in [-0.4, -0.2) is 56.5 Å². The van der Waals surface area contributed by atoms with Gasteiger partial charge in [0.1, 0.15) is 5.82 Å². The van der Waals surface area contributed by atoms with Gasteiger partial charge in [0.2, 0.25) is 10.0 Å². The maximum atomic E-state index is 14.1. The lowest BCUT2D eigenvalue weighted by molar-refractivity contribution is 0.312. The van der Waals surface area contributed by atoms with Gasteiger partial charge in [-0.1, -0.05) is 0 Å². The topological polar surface area (TPSA) is 118 Å². The minimum Gasteiger partial charge on any atom is -0.369 e. The van der Waals surface area contributed by atoms with Gasteiger partial charge >= 0.3 is 5.69 Å². The van der Waals surface area contributed by atoms with Crippen molar-refractivity contribution in [2.24, 2.45) is 0 Å². The van der Waals surface area contributed by atoms with Crippen LogP contribution >= 0.6 is 0 Å². The Kier molecular flexibility index (Phi) is 5.89. The van der Waals surface area contributed by atoms with Crippen molar-refractivity contribution in [2.45, 2.75) is 17.9 Å². The molecule has 1 aliphatic rings. The second-order valence-corrected chi connectivity index (χ2v) is 9.67. The van der Waals surface area contributed by atoms with Gasteiger partial charge in [0.15, 0.2) is 0 Å². The number of sulfonamides is 1. The number of anilines is 1. The molecule has 1 saturated heterocycles. The van der Waals surface area contributed by atoms with Crippen molar-refractivity contribution in [1.82, 2.24) is 19.6 Å². The van der Waals surface area contributed by atoms with E-state index in [1.807, 2.05) is 7.05 Å². The maximum Gasteiger partial charge on any atom is 0.326 e. The summed E-state index contributed by atoms with van der Waals surface area (Å²) < 4.78 is 42.7. The Morgan fingerprint density at radius 1 is 1.03 bits per heavy atom. The van der Waals surface area contributed by atoms with Gasteiger partial charge in [0, 0.05) is 37.9 Å². The number of hydrogen-bond acceptors (Lipinski definition) is 6. The molecule has 11 heteroatoms. The summed E-state index contributed by atoms with van der Waals surface area (Å²) in [7, 11) is -2.01. The molecule has 170 valence electrons. The average molecular weight is 462 g/mol. The third kappa shape index (κ3) is 4.45. The number of benzene rings is 2. The number of hydrogen-bond donors (Lipinski definition) is 3. The third-order valence-electron chi connectivity index (χ3n) is 5.65. The Balaban J connectivity index is 1.66. The van der Waals surface area contributed by atoms with Crippen LogP contribution in [0.25, 0.3) is 10.9 Å². The quantitative estimate of drug-likeness (QED) is 0.525. The van der Waals surface area contributed by atoms with E-state index in [1.165, 1.54) is 30.3 Å². The fourth-order valence-corrected chi connectivity index (χ4v) is 5.13. The summed E-state index contributed by atoms with van der Waals surface area (Å²) in [6.45, 7) is 4.85. The van der Waals surface area contributed by atoms with Crippen molar-refractivity contribution < 1.29 is 12.8 Å². The molecule has 0 spiro atoms. The molecule has 3 N–H and O–H groups in total. The fraction of sp³-hybridized carbons (Fsp3) is 0.333. The predicted octanol–water partition coefficient (Wildman–Crippen LogP) is 1.15. The number of aromatic nitrogens is 2. The first-order valence-electron chi connectivity index (χ1n) is 10.2. The molecule has 1 fully saturated rings. The number of likely N-dealkylation sites (N-methyl/N-ethyl adjacent to an activating group) is 1. The lowest BCUT2D eigenvalue weighted by atomic mass is 10.0. The van der Waals surface area contributed by atoms with Gasteiger partial charge in [-0.2, -0.15) is 0 Å². The normalized spacial score (nSPS) is 16.4. The number of nitrogens with one attached hydrogen (secondary N) is 3. The Morgan fingerprint density at radius 3 is 2.47 bits per heavy atom. The zero-order chi connectivity index (χ0) is 23.0. The predicted molar refractivity (Wildman–Crippen MR) is 120 cm³/mol. The number of aromatic amines is 2. The highest BCUT2D eigenvalue weighted by Crippen LogP contribution is 2.29. The van der Waals surface area contributed by atoms with Gasteiger partial charge in [0.05, 0.1) is 15.8 Å². The van der Waals surface area contributed by atoms with Gasteiger partial charge in [-0.3, -0.25) is 9.78 Å². The lowest BCUT2D eigenvalue weighted by Crippen LogP contribution is -2.45. The Labute approximate surface area is 183 Å². The minimum atomic E-state index is -4.04. The smallest absolute Gasteiger partial charge is 0.326 e. The van der Waals surface area contributed by atoms with Gasteiger partial charge in [-0.15, -0.1) is 0 Å². The van der Waals surface area contributed by atoms with E-state index in [9.17, 15) is 22.4 Å². The van der Waals surface area contributed by atoms with Gasteiger partial charge in [-0.25, -0.2) is 22.3 Å². The van der Waals surface area contributed by atoms with E-state index >= 15 is 0 Å². The van der Waals surface area contributed by atoms with Crippen LogP contribution in [0.4, 0.5) is 10.1 Å². The van der Waals surface area contributed by atoms with Crippen LogP contribution in [0.3, 0.4) is 0 Å². The van der Waals surface area contributed by atoms with E-state index < -0.39 is 33.1 Å². The van der Waals surface area contributed by atoms with Gasteiger partial charge in [-0.05, 0) is 55.9 Å². The first-order valence-corrected chi connectivity index (χ1v) is 11.6. The molecule has 0 bridgehead atoms. The van der Waals surface area contributed by atoms with Gasteiger partial charge < -0.3 is 14.8 Å². The maximum absolute atomic E-state index is 14.1. The number of H-pyrrole nitrogens is 2. The largest absolute Gasteiger partial charge is 0.369 e. The molecule has 3 aromatic rings. The molecule has 0 radical (unpaired) electrons. The van der Waals surface area contributed by atoms with Crippen LogP contribution in [0.2, 0.25) is 0 Å². The van der Waals surface area contributed by atoms with Crippen LogP contribution < -0.4 is 20.9 Å². The summed E-state index contributed by atoms with van der Waals surface area (Å²) >= 11 is 0. The molecule has 1 aromatic heterocycles. The molecular weight excluding hydrogens is 437 g/mol. The fourth-order valence-electron chi connectivity index (χ4n) is 3.88. The highest BCUT2D eigenvalue weighted by Gasteiger charge is 2.24. The summed E-state index contributed by atoms with van der Waals surface area (Å²) in [4.78, 5) is 32.2. The molecule has 0 amide bonds. The third-order valence-corrected chi connectivity index (χ3v) is 7.19. The molecule has 9 nitrogen and oxygen atoms in total. The van der Waals surface area contributed by atoms with Crippen molar-refractivity contribution in [3.8, 4) is 0 Å². The Bertz CT molecular complexity index is 1380. The van der Waals surface area contributed by atoms with E-state index in [0.717, 1.165) is 31.9 Å². The molecule has 2 heterocycles. The molecule has 0 aliphatic carbocycles. The van der Waals surface area contributed by atoms with E-state index in [4.69, 9.17) is 0 Å². The standard InChI is InChI=1S/C21H24FN5O4S/c1-13(16-11-14(22)3-6-19(16)27-9-7-26(2)8-10-27)25-32(30,31)15-4-5-18-17(12-15)20(28)24-21(29)23-18/h3-6,11-13,25H,7-10H2,1-2H3,(H2,23,24,28,29). The van der Waals surface area contributed by atoms with Crippen molar-refractivity contribution in [3.05, 3.63) is 68.6 Å². The number of nitrogens with zero attached hydrogens (tertiary/aromatic N) is 2. The van der Waals surface area contributed by atoms with Crippen molar-refractivity contribution in [2.75, 3.05) is 38.1 Å². The van der Waals surface area contributed by atoms with E-state index in [0.29, 0.717) is 5.56 Å². The van der Waals surface area contributed by atoms with Crippen LogP contribution in [0, 0.1) is 5.82 Å². The highest BCUT2D eigenvalue weighted by atomic mass is 32.2. The SMILES string of the molecule is CC(NS(=O)(=O)c1ccc2[nH]c(=O)[nH]c(=O)c2c1)c1cc(F)ccc1N1CCN(C)CC1. The van der Waals surface area contributed by atoms with Crippen molar-refractivity contribution >= 4 is 26.6 Å². The molecule has 32 heavy (non-hydrogen) atoms. The number of fused-ring (bicyclic) bond motifs is 1. The van der Waals surface area contributed by atoms with Gasteiger partial charge in [0.25, 0.3) is 5.56 Å². The second-order valence-electron chi connectivity index (χ2n) is 7.95. The molecule has 4 rings (SSSR count). The molecule has 0 saturated carbocycles. The Morgan fingerprint density at radius 2 is 1.75 bits per heavy atom. The monoisotopic (exact) mass is 461 g/mol. The van der Waals surface area contributed by atoms with Crippen molar-refractivity contribution in [3.63, 3.8) is 0 Å². The number of halogens is 1. The summed E-state index contributed by atoms with van der Waals surface area (Å²) in [6.07, 6.45) is 0. The zero-order valence-corrected chi connectivity index (χ0v) is 18.5. The summed E-state index contributed by atoms with van der Waals surface area (Å²) in [5, 5.41) is 0.0454. The average Bonchev–Trinajstić information content (AvgIpc) is 2.73. The summed E-state index contributed by atoms with van der Waals surface area (Å²) in [5.41, 5.74) is 0.181. The van der Waals surface area contributed by atoms with Crippen LogP contribution in [-0.2, 0) is 10.0 Å². The summed E-state index contributed by atoms with van der Waals surface area (Å²) in [6, 6.07) is 7.53. The lowest BCUT2D eigenvalue weighted by Gasteiger charge is -2.36. The molecule has 1 aliphatic heterocycles. The molecular formula is C21H24FN5O4S.